The van der Waals surface area contributed by atoms with Gasteiger partial charge in [0.2, 0.25) is 9.05 Å². The van der Waals surface area contributed by atoms with Crippen molar-refractivity contribution in [3.63, 3.8) is 0 Å². The average molecular weight is 317 g/mol. The van der Waals surface area contributed by atoms with Crippen molar-refractivity contribution in [2.75, 3.05) is 12.4 Å². The number of halogens is 1. The minimum Gasteiger partial charge on any atom is -0.493 e. The number of ether oxygens (including phenoxy) is 1. The minimum absolute atomic E-state index is 0.0908. The van der Waals surface area contributed by atoms with E-state index in [1.54, 1.807) is 0 Å². The second kappa shape index (κ2) is 5.94. The summed E-state index contributed by atoms with van der Waals surface area (Å²) in [5.41, 5.74) is 2.26. The van der Waals surface area contributed by atoms with Crippen LogP contribution in [0.1, 0.15) is 37.8 Å². The van der Waals surface area contributed by atoms with Crippen LogP contribution in [0.4, 0.5) is 0 Å². The molecule has 1 aliphatic carbocycles. The van der Waals surface area contributed by atoms with Crippen molar-refractivity contribution in [3.05, 3.63) is 29.3 Å². The van der Waals surface area contributed by atoms with Crippen molar-refractivity contribution in [2.45, 2.75) is 39.5 Å². The van der Waals surface area contributed by atoms with E-state index in [2.05, 4.69) is 12.1 Å². The van der Waals surface area contributed by atoms with Gasteiger partial charge in [-0.05, 0) is 48.9 Å². The van der Waals surface area contributed by atoms with Crippen molar-refractivity contribution >= 4 is 19.7 Å². The van der Waals surface area contributed by atoms with E-state index in [4.69, 9.17) is 15.4 Å². The molecule has 0 atom stereocenters. The Balaban J connectivity index is 2.00. The molecule has 0 N–H and O–H groups in total. The van der Waals surface area contributed by atoms with Crippen LogP contribution in [-0.2, 0) is 21.9 Å². The van der Waals surface area contributed by atoms with Gasteiger partial charge in [0.05, 0.1) is 12.4 Å². The van der Waals surface area contributed by atoms with Crippen LogP contribution in [-0.4, -0.2) is 20.8 Å². The van der Waals surface area contributed by atoms with Crippen molar-refractivity contribution in [1.82, 2.24) is 0 Å². The van der Waals surface area contributed by atoms with E-state index < -0.39 is 14.5 Å². The van der Waals surface area contributed by atoms with E-state index in [1.807, 2.05) is 19.9 Å². The topological polar surface area (TPSA) is 43.4 Å². The molecular weight excluding hydrogens is 296 g/mol. The van der Waals surface area contributed by atoms with E-state index in [1.165, 1.54) is 24.0 Å². The summed E-state index contributed by atoms with van der Waals surface area (Å²) in [6.07, 6.45) is 4.73. The summed E-state index contributed by atoms with van der Waals surface area (Å²) in [4.78, 5) is 0. The van der Waals surface area contributed by atoms with Crippen LogP contribution in [0.25, 0.3) is 0 Å². The maximum Gasteiger partial charge on any atom is 0.233 e. The largest absolute Gasteiger partial charge is 0.493 e. The molecule has 3 nitrogen and oxygen atoms in total. The first-order valence-electron chi connectivity index (χ1n) is 6.92. The van der Waals surface area contributed by atoms with E-state index in [9.17, 15) is 8.42 Å². The Morgan fingerprint density at radius 3 is 2.50 bits per heavy atom. The lowest BCUT2D eigenvalue weighted by atomic mass is 9.91. The summed E-state index contributed by atoms with van der Waals surface area (Å²) >= 11 is 0. The number of hydrogen-bond donors (Lipinski definition) is 0. The Hall–Kier alpha value is -0.740. The number of aryl methyl sites for hydroxylation is 2. The number of benzene rings is 1. The Labute approximate surface area is 125 Å². The second-order valence-corrected chi connectivity index (χ2v) is 9.05. The molecule has 20 heavy (non-hydrogen) atoms. The Kier molecular flexibility index (Phi) is 4.65. The molecule has 0 bridgehead atoms. The zero-order valence-corrected chi connectivity index (χ0v) is 13.6. The Morgan fingerprint density at radius 1 is 1.20 bits per heavy atom. The monoisotopic (exact) mass is 316 g/mol. The van der Waals surface area contributed by atoms with E-state index >= 15 is 0 Å². The number of rotatable bonds is 5. The number of fused-ring (bicyclic) bond motifs is 1. The van der Waals surface area contributed by atoms with Gasteiger partial charge < -0.3 is 4.74 Å². The highest BCUT2D eigenvalue weighted by Gasteiger charge is 2.26. The Bertz CT molecular complexity index is 579. The predicted molar refractivity (Wildman–Crippen MR) is 82.0 cm³/mol. The molecule has 0 spiro atoms. The summed E-state index contributed by atoms with van der Waals surface area (Å²) in [6, 6.07) is 6.17. The quantitative estimate of drug-likeness (QED) is 0.780. The minimum atomic E-state index is -3.51. The van der Waals surface area contributed by atoms with Gasteiger partial charge >= 0.3 is 0 Å². The highest BCUT2D eigenvalue weighted by Crippen LogP contribution is 2.27. The van der Waals surface area contributed by atoms with Gasteiger partial charge in [-0.1, -0.05) is 19.9 Å². The molecule has 0 aliphatic heterocycles. The third-order valence-corrected chi connectivity index (χ3v) is 4.97. The van der Waals surface area contributed by atoms with Crippen LogP contribution in [0.15, 0.2) is 18.2 Å². The molecule has 0 heterocycles. The summed E-state index contributed by atoms with van der Waals surface area (Å²) in [5.74, 6) is 0.720. The van der Waals surface area contributed by atoms with Crippen LogP contribution in [0.2, 0.25) is 0 Å². The van der Waals surface area contributed by atoms with Crippen LogP contribution in [0.3, 0.4) is 0 Å². The molecule has 0 fully saturated rings. The first kappa shape index (κ1) is 15.6. The van der Waals surface area contributed by atoms with Crippen LogP contribution in [0, 0.1) is 5.41 Å². The van der Waals surface area contributed by atoms with Crippen LogP contribution in [0.5, 0.6) is 5.75 Å². The maximum atomic E-state index is 11.2. The van der Waals surface area contributed by atoms with Gasteiger partial charge in [-0.2, -0.15) is 0 Å². The number of hydrogen-bond acceptors (Lipinski definition) is 3. The molecule has 0 unspecified atom stereocenters. The van der Waals surface area contributed by atoms with E-state index in [0.717, 1.165) is 18.6 Å². The molecule has 1 aromatic rings. The van der Waals surface area contributed by atoms with E-state index in [0.29, 0.717) is 6.61 Å². The SMILES string of the molecule is CC(C)(COc1ccc2c(c1)CCCC2)CS(=O)(=O)Cl. The van der Waals surface area contributed by atoms with Gasteiger partial charge in [0.15, 0.2) is 0 Å². The normalized spacial score (nSPS) is 15.8. The lowest BCUT2D eigenvalue weighted by Crippen LogP contribution is -2.28. The lowest BCUT2D eigenvalue weighted by molar-refractivity contribution is 0.200. The predicted octanol–water partition coefficient (Wildman–Crippen LogP) is 3.54. The van der Waals surface area contributed by atoms with Gasteiger partial charge in [-0.25, -0.2) is 8.42 Å². The van der Waals surface area contributed by atoms with Crippen molar-refractivity contribution < 1.29 is 13.2 Å². The van der Waals surface area contributed by atoms with Gasteiger partial charge in [0.25, 0.3) is 0 Å². The molecule has 0 aromatic heterocycles. The van der Waals surface area contributed by atoms with Crippen LogP contribution >= 0.6 is 10.7 Å². The zero-order chi connectivity index (χ0) is 14.8. The van der Waals surface area contributed by atoms with Gasteiger partial charge in [-0.15, -0.1) is 0 Å². The summed E-state index contributed by atoms with van der Waals surface area (Å²) in [5, 5.41) is 0. The summed E-state index contributed by atoms with van der Waals surface area (Å²) in [6.45, 7) is 4.01. The molecule has 1 aliphatic rings. The van der Waals surface area contributed by atoms with Crippen LogP contribution < -0.4 is 4.74 Å². The van der Waals surface area contributed by atoms with Crippen molar-refractivity contribution in [2.24, 2.45) is 5.41 Å². The summed E-state index contributed by atoms with van der Waals surface area (Å²) < 4.78 is 28.1. The molecule has 112 valence electrons. The fourth-order valence-corrected chi connectivity index (χ4v) is 4.49. The van der Waals surface area contributed by atoms with E-state index in [-0.39, 0.29) is 5.75 Å². The zero-order valence-electron chi connectivity index (χ0n) is 12.0. The molecular formula is C15H21ClO3S. The molecule has 0 radical (unpaired) electrons. The molecule has 1 aromatic carbocycles. The second-order valence-electron chi connectivity index (χ2n) is 6.27. The fourth-order valence-electron chi connectivity index (χ4n) is 2.59. The first-order valence-corrected chi connectivity index (χ1v) is 9.40. The molecule has 5 heteroatoms. The Morgan fingerprint density at radius 2 is 1.85 bits per heavy atom. The maximum absolute atomic E-state index is 11.2. The molecule has 2 rings (SSSR count). The van der Waals surface area contributed by atoms with Gasteiger partial charge in [0, 0.05) is 16.1 Å². The lowest BCUT2D eigenvalue weighted by Gasteiger charge is -2.24. The third-order valence-electron chi connectivity index (χ3n) is 3.51. The molecule has 0 saturated heterocycles. The standard InChI is InChI=1S/C15H21ClO3S/c1-15(2,11-20(16,17)18)10-19-14-8-7-12-5-3-4-6-13(12)9-14/h7-9H,3-6,10-11H2,1-2H3. The van der Waals surface area contributed by atoms with Gasteiger partial charge in [0.1, 0.15) is 5.75 Å². The third kappa shape index (κ3) is 4.67. The van der Waals surface area contributed by atoms with Crippen molar-refractivity contribution in [1.29, 1.82) is 0 Å². The average Bonchev–Trinajstić information content (AvgIpc) is 2.33. The highest BCUT2D eigenvalue weighted by molar-refractivity contribution is 8.13. The molecule has 0 saturated carbocycles. The smallest absolute Gasteiger partial charge is 0.233 e. The highest BCUT2D eigenvalue weighted by atomic mass is 35.7. The fraction of sp³-hybridized carbons (Fsp3) is 0.600. The van der Waals surface area contributed by atoms with Gasteiger partial charge in [-0.3, -0.25) is 0 Å². The van der Waals surface area contributed by atoms with Crippen molar-refractivity contribution in [3.8, 4) is 5.75 Å². The molecule has 0 amide bonds. The first-order chi connectivity index (χ1) is 9.25. The summed E-state index contributed by atoms with van der Waals surface area (Å²) in [7, 11) is 1.80.